The first-order chi connectivity index (χ1) is 9.63. The Kier molecular flexibility index (Phi) is 6.56. The van der Waals surface area contributed by atoms with E-state index < -0.39 is 0 Å². The van der Waals surface area contributed by atoms with E-state index in [0.29, 0.717) is 30.0 Å². The maximum absolute atomic E-state index is 11.9. The summed E-state index contributed by atoms with van der Waals surface area (Å²) >= 11 is 0. The van der Waals surface area contributed by atoms with Crippen molar-refractivity contribution in [2.45, 2.75) is 26.7 Å². The van der Waals surface area contributed by atoms with Crippen molar-refractivity contribution in [3.8, 4) is 5.75 Å². The zero-order valence-electron chi connectivity index (χ0n) is 12.3. The van der Waals surface area contributed by atoms with Gasteiger partial charge in [0.2, 0.25) is 0 Å². The highest BCUT2D eigenvalue weighted by molar-refractivity contribution is 6.00. The number of hydrogen-bond acceptors (Lipinski definition) is 3. The van der Waals surface area contributed by atoms with Gasteiger partial charge < -0.3 is 15.4 Å². The lowest BCUT2D eigenvalue weighted by Crippen LogP contribution is -2.26. The zero-order chi connectivity index (χ0) is 15.0. The van der Waals surface area contributed by atoms with Crippen molar-refractivity contribution in [3.63, 3.8) is 0 Å². The van der Waals surface area contributed by atoms with Gasteiger partial charge in [0.05, 0.1) is 12.7 Å². The number of benzene rings is 1. The Morgan fingerprint density at radius 2 is 1.65 bits per heavy atom. The Hall–Kier alpha value is -2.04. The van der Waals surface area contributed by atoms with Crippen LogP contribution in [-0.4, -0.2) is 32.0 Å². The number of amides is 2. The average molecular weight is 278 g/mol. The van der Waals surface area contributed by atoms with Crippen molar-refractivity contribution in [1.82, 2.24) is 10.6 Å². The molecule has 0 radical (unpaired) electrons. The van der Waals surface area contributed by atoms with Crippen molar-refractivity contribution < 1.29 is 14.3 Å². The van der Waals surface area contributed by atoms with Crippen LogP contribution < -0.4 is 15.4 Å². The summed E-state index contributed by atoms with van der Waals surface area (Å²) in [5.41, 5.74) is 0.926. The molecular weight excluding hydrogens is 256 g/mol. The van der Waals surface area contributed by atoms with Gasteiger partial charge in [0.1, 0.15) is 5.75 Å². The molecule has 0 fully saturated rings. The van der Waals surface area contributed by atoms with Crippen LogP contribution in [0.15, 0.2) is 18.2 Å². The maximum atomic E-state index is 11.9. The quantitative estimate of drug-likeness (QED) is 0.801. The van der Waals surface area contributed by atoms with E-state index in [4.69, 9.17) is 4.74 Å². The van der Waals surface area contributed by atoms with Crippen LogP contribution in [0.1, 0.15) is 47.4 Å². The molecule has 0 bridgehead atoms. The molecule has 0 atom stereocenters. The fourth-order valence-electron chi connectivity index (χ4n) is 1.69. The fourth-order valence-corrected chi connectivity index (χ4v) is 1.69. The minimum Gasteiger partial charge on any atom is -0.496 e. The minimum atomic E-state index is -0.191. The van der Waals surface area contributed by atoms with Crippen LogP contribution in [0.4, 0.5) is 0 Å². The third-order valence-electron chi connectivity index (χ3n) is 2.78. The molecule has 0 heterocycles. The van der Waals surface area contributed by atoms with E-state index in [1.165, 1.54) is 7.11 Å². The third kappa shape index (κ3) is 4.26. The van der Waals surface area contributed by atoms with Gasteiger partial charge in [-0.15, -0.1) is 0 Å². The molecule has 0 aliphatic carbocycles. The number of nitrogens with one attached hydrogen (secondary N) is 2. The van der Waals surface area contributed by atoms with E-state index in [-0.39, 0.29) is 11.8 Å². The SMILES string of the molecule is CCCNC(=O)c1ccc(C(=O)NCCC)c(OC)c1. The molecule has 0 aliphatic heterocycles. The molecule has 0 unspecified atom stereocenters. The Labute approximate surface area is 119 Å². The van der Waals surface area contributed by atoms with Crippen LogP contribution in [0.2, 0.25) is 0 Å². The smallest absolute Gasteiger partial charge is 0.255 e. The number of carbonyl (C=O) groups excluding carboxylic acids is 2. The summed E-state index contributed by atoms with van der Waals surface area (Å²) in [5, 5.41) is 5.57. The fraction of sp³-hybridized carbons (Fsp3) is 0.467. The predicted molar refractivity (Wildman–Crippen MR) is 78.2 cm³/mol. The molecule has 5 heteroatoms. The van der Waals surface area contributed by atoms with Gasteiger partial charge in [0, 0.05) is 18.7 Å². The molecule has 0 saturated carbocycles. The monoisotopic (exact) mass is 278 g/mol. The summed E-state index contributed by atoms with van der Waals surface area (Å²) in [6, 6.07) is 4.84. The summed E-state index contributed by atoms with van der Waals surface area (Å²) < 4.78 is 5.20. The van der Waals surface area contributed by atoms with Crippen LogP contribution in [0, 0.1) is 0 Å². The summed E-state index contributed by atoms with van der Waals surface area (Å²) in [4.78, 5) is 23.8. The topological polar surface area (TPSA) is 67.4 Å². The Balaban J connectivity index is 2.90. The number of ether oxygens (including phenoxy) is 1. The van der Waals surface area contributed by atoms with E-state index in [1.807, 2.05) is 13.8 Å². The van der Waals surface area contributed by atoms with Crippen LogP contribution >= 0.6 is 0 Å². The molecule has 2 amide bonds. The van der Waals surface area contributed by atoms with Gasteiger partial charge in [0.15, 0.2) is 0 Å². The highest BCUT2D eigenvalue weighted by Gasteiger charge is 2.14. The van der Waals surface area contributed by atoms with Gasteiger partial charge in [-0.05, 0) is 31.0 Å². The largest absolute Gasteiger partial charge is 0.496 e. The Bertz CT molecular complexity index is 472. The first kappa shape index (κ1) is 16.0. The van der Waals surface area contributed by atoms with Gasteiger partial charge in [-0.25, -0.2) is 0 Å². The molecule has 0 aliphatic rings. The van der Waals surface area contributed by atoms with E-state index in [1.54, 1.807) is 18.2 Å². The standard InChI is InChI=1S/C15H22N2O3/c1-4-8-16-14(18)11-6-7-12(13(10-11)20-3)15(19)17-9-5-2/h6-7,10H,4-5,8-9H2,1-3H3,(H,16,18)(H,17,19). The Morgan fingerprint density at radius 3 is 2.20 bits per heavy atom. The average Bonchev–Trinajstić information content (AvgIpc) is 2.49. The lowest BCUT2D eigenvalue weighted by molar-refractivity contribution is 0.0939. The van der Waals surface area contributed by atoms with Crippen LogP contribution in [0.5, 0.6) is 5.75 Å². The second-order valence-electron chi connectivity index (χ2n) is 4.43. The molecule has 1 aromatic rings. The second-order valence-corrected chi connectivity index (χ2v) is 4.43. The molecule has 0 saturated heterocycles. The predicted octanol–water partition coefficient (Wildman–Crippen LogP) is 1.97. The maximum Gasteiger partial charge on any atom is 0.255 e. The van der Waals surface area contributed by atoms with Crippen molar-refractivity contribution in [2.75, 3.05) is 20.2 Å². The van der Waals surface area contributed by atoms with E-state index in [2.05, 4.69) is 10.6 Å². The van der Waals surface area contributed by atoms with Gasteiger partial charge in [0.25, 0.3) is 11.8 Å². The minimum absolute atomic E-state index is 0.161. The van der Waals surface area contributed by atoms with Crippen molar-refractivity contribution in [1.29, 1.82) is 0 Å². The molecule has 0 spiro atoms. The number of hydrogen-bond donors (Lipinski definition) is 2. The first-order valence-corrected chi connectivity index (χ1v) is 6.88. The molecule has 5 nitrogen and oxygen atoms in total. The molecule has 1 aromatic carbocycles. The van der Waals surface area contributed by atoms with Crippen molar-refractivity contribution in [2.24, 2.45) is 0 Å². The van der Waals surface area contributed by atoms with E-state index in [9.17, 15) is 9.59 Å². The lowest BCUT2D eigenvalue weighted by atomic mass is 10.1. The summed E-state index contributed by atoms with van der Waals surface area (Å²) in [6.07, 6.45) is 1.74. The van der Waals surface area contributed by atoms with Gasteiger partial charge in [-0.1, -0.05) is 13.8 Å². The number of methoxy groups -OCH3 is 1. The molecule has 20 heavy (non-hydrogen) atoms. The normalized spacial score (nSPS) is 9.95. The molecule has 2 N–H and O–H groups in total. The highest BCUT2D eigenvalue weighted by Crippen LogP contribution is 2.20. The van der Waals surface area contributed by atoms with Gasteiger partial charge in [-0.3, -0.25) is 9.59 Å². The lowest BCUT2D eigenvalue weighted by Gasteiger charge is -2.11. The number of carbonyl (C=O) groups is 2. The summed E-state index contributed by atoms with van der Waals surface area (Å²) in [6.45, 7) is 5.21. The molecule has 1 rings (SSSR count). The summed E-state index contributed by atoms with van der Waals surface area (Å²) in [5.74, 6) is 0.0534. The van der Waals surface area contributed by atoms with Crippen molar-refractivity contribution >= 4 is 11.8 Å². The van der Waals surface area contributed by atoms with Crippen LogP contribution in [0.25, 0.3) is 0 Å². The van der Waals surface area contributed by atoms with Crippen LogP contribution in [-0.2, 0) is 0 Å². The Morgan fingerprint density at radius 1 is 1.05 bits per heavy atom. The molecular formula is C15H22N2O3. The third-order valence-corrected chi connectivity index (χ3v) is 2.78. The first-order valence-electron chi connectivity index (χ1n) is 6.88. The number of rotatable bonds is 7. The highest BCUT2D eigenvalue weighted by atomic mass is 16.5. The second kappa shape index (κ2) is 8.19. The summed E-state index contributed by atoms with van der Waals surface area (Å²) in [7, 11) is 1.49. The van der Waals surface area contributed by atoms with E-state index >= 15 is 0 Å². The van der Waals surface area contributed by atoms with Gasteiger partial charge >= 0.3 is 0 Å². The zero-order valence-corrected chi connectivity index (χ0v) is 12.3. The van der Waals surface area contributed by atoms with Gasteiger partial charge in [-0.2, -0.15) is 0 Å². The molecule has 110 valence electrons. The van der Waals surface area contributed by atoms with E-state index in [0.717, 1.165) is 12.8 Å². The molecule has 0 aromatic heterocycles. The van der Waals surface area contributed by atoms with Crippen LogP contribution in [0.3, 0.4) is 0 Å². The van der Waals surface area contributed by atoms with Crippen molar-refractivity contribution in [3.05, 3.63) is 29.3 Å².